The number of imidazole rings is 1. The zero-order valence-corrected chi connectivity index (χ0v) is 19.7. The number of hydrogen-bond acceptors (Lipinski definition) is 4. The number of carbonyl (C=O) groups is 2. The van der Waals surface area contributed by atoms with Crippen molar-refractivity contribution < 1.29 is 9.59 Å². The second kappa shape index (κ2) is 10.00. The number of aromatic amines is 1. The Labute approximate surface area is 198 Å². The molecule has 2 fully saturated rings. The van der Waals surface area contributed by atoms with E-state index < -0.39 is 0 Å². The summed E-state index contributed by atoms with van der Waals surface area (Å²) in [6.45, 7) is 3.09. The molecule has 2 amide bonds. The summed E-state index contributed by atoms with van der Waals surface area (Å²) >= 11 is 1.61. The molecule has 3 heterocycles. The summed E-state index contributed by atoms with van der Waals surface area (Å²) in [5, 5.41) is 0.857. The number of nitrogens with zero attached hydrogens (tertiary/aromatic N) is 3. The molecule has 172 valence electrons. The zero-order valence-electron chi connectivity index (χ0n) is 18.8. The molecule has 7 heteroatoms. The standard InChI is InChI=1S/C26H30N4O2S/c31-24(29-14-6-1-7-15-29)19-12-16-30(17-13-19)25(32)21-9-3-2-8-20(21)18-33-26-27-22-10-4-5-11-23(22)28-26/h2-5,8-11,19H,1,6-7,12-18H2,(H,27,28). The molecular formula is C26H30N4O2S. The van der Waals surface area contributed by atoms with Gasteiger partial charge in [0.05, 0.1) is 11.0 Å². The van der Waals surface area contributed by atoms with Crippen molar-refractivity contribution in [1.82, 2.24) is 19.8 Å². The van der Waals surface area contributed by atoms with Crippen LogP contribution in [-0.4, -0.2) is 57.8 Å². The van der Waals surface area contributed by atoms with Crippen LogP contribution in [-0.2, 0) is 10.5 Å². The Balaban J connectivity index is 1.21. The number of para-hydroxylation sites is 2. The maximum Gasteiger partial charge on any atom is 0.254 e. The normalized spacial score (nSPS) is 17.5. The lowest BCUT2D eigenvalue weighted by Crippen LogP contribution is -2.45. The number of carbonyl (C=O) groups excluding carboxylic acids is 2. The second-order valence-electron chi connectivity index (χ2n) is 8.96. The van der Waals surface area contributed by atoms with E-state index in [4.69, 9.17) is 0 Å². The Morgan fingerprint density at radius 1 is 0.909 bits per heavy atom. The van der Waals surface area contributed by atoms with E-state index in [1.165, 1.54) is 6.42 Å². The van der Waals surface area contributed by atoms with Crippen molar-refractivity contribution >= 4 is 34.6 Å². The molecule has 1 N–H and O–H groups in total. The van der Waals surface area contributed by atoms with E-state index in [1.807, 2.05) is 58.3 Å². The Morgan fingerprint density at radius 2 is 1.64 bits per heavy atom. The Morgan fingerprint density at radius 3 is 2.42 bits per heavy atom. The third-order valence-electron chi connectivity index (χ3n) is 6.78. The molecule has 2 aliphatic heterocycles. The number of rotatable bonds is 5. The molecule has 2 saturated heterocycles. The highest BCUT2D eigenvalue weighted by Gasteiger charge is 2.31. The summed E-state index contributed by atoms with van der Waals surface area (Å²) in [5.74, 6) is 1.10. The first-order valence-electron chi connectivity index (χ1n) is 11.9. The fourth-order valence-electron chi connectivity index (χ4n) is 4.87. The monoisotopic (exact) mass is 462 g/mol. The molecule has 1 aromatic heterocycles. The van der Waals surface area contributed by atoms with Gasteiger partial charge in [-0.05, 0) is 55.9 Å². The molecule has 6 nitrogen and oxygen atoms in total. The highest BCUT2D eigenvalue weighted by atomic mass is 32.2. The van der Waals surface area contributed by atoms with Crippen molar-refractivity contribution in [3.63, 3.8) is 0 Å². The first-order chi connectivity index (χ1) is 16.2. The van der Waals surface area contributed by atoms with Crippen LogP contribution in [0.5, 0.6) is 0 Å². The number of nitrogens with one attached hydrogen (secondary N) is 1. The highest BCUT2D eigenvalue weighted by molar-refractivity contribution is 7.98. The maximum atomic E-state index is 13.3. The fraction of sp³-hybridized carbons (Fsp3) is 0.423. The molecule has 33 heavy (non-hydrogen) atoms. The van der Waals surface area contributed by atoms with Crippen LogP contribution in [0.4, 0.5) is 0 Å². The van der Waals surface area contributed by atoms with Crippen molar-refractivity contribution in [2.45, 2.75) is 43.0 Å². The van der Waals surface area contributed by atoms with Gasteiger partial charge >= 0.3 is 0 Å². The largest absolute Gasteiger partial charge is 0.342 e. The van der Waals surface area contributed by atoms with Crippen LogP contribution in [0, 0.1) is 5.92 Å². The van der Waals surface area contributed by atoms with Gasteiger partial charge in [-0.3, -0.25) is 9.59 Å². The first kappa shape index (κ1) is 22.0. The van der Waals surface area contributed by atoms with E-state index in [2.05, 4.69) is 9.97 Å². The second-order valence-corrected chi connectivity index (χ2v) is 9.92. The van der Waals surface area contributed by atoms with Crippen LogP contribution >= 0.6 is 11.8 Å². The minimum absolute atomic E-state index is 0.0611. The summed E-state index contributed by atoms with van der Waals surface area (Å²) in [4.78, 5) is 38.1. The Kier molecular flexibility index (Phi) is 6.67. The van der Waals surface area contributed by atoms with Gasteiger partial charge in [0, 0.05) is 43.4 Å². The minimum atomic E-state index is 0.0611. The van der Waals surface area contributed by atoms with E-state index in [1.54, 1.807) is 11.8 Å². The van der Waals surface area contributed by atoms with Gasteiger partial charge in [0.25, 0.3) is 5.91 Å². The summed E-state index contributed by atoms with van der Waals surface area (Å²) in [6, 6.07) is 15.8. The summed E-state index contributed by atoms with van der Waals surface area (Å²) in [7, 11) is 0. The maximum absolute atomic E-state index is 13.3. The van der Waals surface area contributed by atoms with Crippen LogP contribution in [0.25, 0.3) is 11.0 Å². The minimum Gasteiger partial charge on any atom is -0.342 e. The smallest absolute Gasteiger partial charge is 0.254 e. The summed E-state index contributed by atoms with van der Waals surface area (Å²) in [6.07, 6.45) is 4.98. The summed E-state index contributed by atoms with van der Waals surface area (Å²) in [5.41, 5.74) is 3.74. The highest BCUT2D eigenvalue weighted by Crippen LogP contribution is 2.27. The van der Waals surface area contributed by atoms with Gasteiger partial charge in [0.2, 0.25) is 5.91 Å². The van der Waals surface area contributed by atoms with E-state index in [9.17, 15) is 9.59 Å². The van der Waals surface area contributed by atoms with Crippen molar-refractivity contribution in [1.29, 1.82) is 0 Å². The number of H-pyrrole nitrogens is 1. The van der Waals surface area contributed by atoms with Gasteiger partial charge in [-0.15, -0.1) is 0 Å². The third kappa shape index (κ3) is 4.93. The molecule has 0 bridgehead atoms. The number of benzene rings is 2. The predicted molar refractivity (Wildman–Crippen MR) is 131 cm³/mol. The van der Waals surface area contributed by atoms with Crippen LogP contribution in [0.15, 0.2) is 53.7 Å². The quantitative estimate of drug-likeness (QED) is 0.557. The van der Waals surface area contributed by atoms with Gasteiger partial charge in [-0.1, -0.05) is 42.1 Å². The lowest BCUT2D eigenvalue weighted by atomic mass is 9.93. The number of likely N-dealkylation sites (tertiary alicyclic amines) is 2. The molecule has 3 aromatic rings. The van der Waals surface area contributed by atoms with Gasteiger partial charge < -0.3 is 14.8 Å². The predicted octanol–water partition coefficient (Wildman–Crippen LogP) is 4.72. The number of piperidine rings is 2. The number of hydrogen-bond donors (Lipinski definition) is 1. The number of aromatic nitrogens is 2. The topological polar surface area (TPSA) is 69.3 Å². The van der Waals surface area contributed by atoms with Crippen LogP contribution in [0.1, 0.15) is 48.0 Å². The zero-order chi connectivity index (χ0) is 22.6. The van der Waals surface area contributed by atoms with Crippen molar-refractivity contribution in [2.24, 2.45) is 5.92 Å². The van der Waals surface area contributed by atoms with E-state index >= 15 is 0 Å². The average Bonchev–Trinajstić information content (AvgIpc) is 3.30. The van der Waals surface area contributed by atoms with Gasteiger partial charge in [-0.25, -0.2) is 4.98 Å². The van der Waals surface area contributed by atoms with E-state index in [0.29, 0.717) is 24.7 Å². The molecule has 0 saturated carbocycles. The molecule has 0 spiro atoms. The van der Waals surface area contributed by atoms with Crippen molar-refractivity contribution in [2.75, 3.05) is 26.2 Å². The number of amides is 2. The SMILES string of the molecule is O=C(c1ccccc1CSc1nc2ccccc2[nH]1)N1CCC(C(=O)N2CCCCC2)CC1. The fourth-order valence-corrected chi connectivity index (χ4v) is 5.76. The number of thioether (sulfide) groups is 1. The van der Waals surface area contributed by atoms with Crippen LogP contribution < -0.4 is 0 Å². The average molecular weight is 463 g/mol. The molecule has 0 unspecified atom stereocenters. The molecule has 5 rings (SSSR count). The van der Waals surface area contributed by atoms with Crippen molar-refractivity contribution in [3.8, 4) is 0 Å². The van der Waals surface area contributed by atoms with E-state index in [0.717, 1.165) is 66.1 Å². The Hall–Kier alpha value is -2.80. The lowest BCUT2D eigenvalue weighted by molar-refractivity contribution is -0.137. The third-order valence-corrected chi connectivity index (χ3v) is 7.70. The molecule has 2 aliphatic rings. The first-order valence-corrected chi connectivity index (χ1v) is 12.9. The molecular weight excluding hydrogens is 432 g/mol. The van der Waals surface area contributed by atoms with Crippen molar-refractivity contribution in [3.05, 3.63) is 59.7 Å². The Bertz CT molecular complexity index is 1100. The molecule has 0 aliphatic carbocycles. The van der Waals surface area contributed by atoms with Crippen LogP contribution in [0.2, 0.25) is 0 Å². The van der Waals surface area contributed by atoms with E-state index in [-0.39, 0.29) is 11.8 Å². The lowest BCUT2D eigenvalue weighted by Gasteiger charge is -2.35. The van der Waals surface area contributed by atoms with Gasteiger partial charge in [-0.2, -0.15) is 0 Å². The van der Waals surface area contributed by atoms with Gasteiger partial charge in [0.15, 0.2) is 5.16 Å². The van der Waals surface area contributed by atoms with Gasteiger partial charge in [0.1, 0.15) is 0 Å². The number of fused-ring (bicyclic) bond motifs is 1. The molecule has 2 aromatic carbocycles. The summed E-state index contributed by atoms with van der Waals surface area (Å²) < 4.78 is 0. The van der Waals surface area contributed by atoms with Crippen LogP contribution in [0.3, 0.4) is 0 Å². The molecule has 0 radical (unpaired) electrons. The molecule has 0 atom stereocenters.